The number of benzene rings is 2. The number of carbonyl (C=O) groups excluding carboxylic acids is 1. The zero-order chi connectivity index (χ0) is 24.9. The number of aromatic amines is 1. The van der Waals surface area contributed by atoms with Crippen LogP contribution in [0.5, 0.6) is 0 Å². The highest BCUT2D eigenvalue weighted by atomic mass is 19.1. The van der Waals surface area contributed by atoms with E-state index in [0.29, 0.717) is 42.8 Å². The maximum atomic E-state index is 14.4. The highest BCUT2D eigenvalue weighted by molar-refractivity contribution is 5.93. The van der Waals surface area contributed by atoms with E-state index in [1.807, 2.05) is 31.2 Å². The second-order valence-electron chi connectivity index (χ2n) is 9.38. The summed E-state index contributed by atoms with van der Waals surface area (Å²) in [6, 6.07) is 12.7. The summed E-state index contributed by atoms with van der Waals surface area (Å²) < 4.78 is 25.2. The van der Waals surface area contributed by atoms with E-state index in [-0.39, 0.29) is 11.7 Å². The molecule has 5 rings (SSSR count). The van der Waals surface area contributed by atoms with Crippen LogP contribution in [0.2, 0.25) is 0 Å². The van der Waals surface area contributed by atoms with Gasteiger partial charge in [0.1, 0.15) is 11.5 Å². The van der Waals surface area contributed by atoms with Crippen LogP contribution >= 0.6 is 0 Å². The number of morpholine rings is 1. The summed E-state index contributed by atoms with van der Waals surface area (Å²) in [5, 5.41) is 13.6. The first-order valence-corrected chi connectivity index (χ1v) is 12.5. The minimum atomic E-state index is -0.294. The second-order valence-corrected chi connectivity index (χ2v) is 9.38. The number of halogens is 1. The summed E-state index contributed by atoms with van der Waals surface area (Å²) in [7, 11) is 0. The number of aryl methyl sites for hydroxylation is 1. The minimum absolute atomic E-state index is 0.164. The molecule has 9 heteroatoms. The molecule has 2 aliphatic rings. The fraction of sp³-hybridized carbons (Fsp3) is 0.407. The van der Waals surface area contributed by atoms with E-state index in [2.05, 4.69) is 25.7 Å². The van der Waals surface area contributed by atoms with Crippen molar-refractivity contribution < 1.29 is 18.7 Å². The summed E-state index contributed by atoms with van der Waals surface area (Å²) in [4.78, 5) is 14.8. The summed E-state index contributed by atoms with van der Waals surface area (Å²) in [5.41, 5.74) is 5.33. The third-order valence-electron chi connectivity index (χ3n) is 6.78. The fourth-order valence-electron chi connectivity index (χ4n) is 4.65. The van der Waals surface area contributed by atoms with Crippen LogP contribution in [0.1, 0.15) is 28.9 Å². The number of nitrogens with zero attached hydrogens (tertiary/aromatic N) is 2. The van der Waals surface area contributed by atoms with Crippen molar-refractivity contribution in [3.8, 4) is 11.3 Å². The molecular formula is C27H32FN5O3. The van der Waals surface area contributed by atoms with Crippen molar-refractivity contribution in [3.63, 3.8) is 0 Å². The van der Waals surface area contributed by atoms with Crippen LogP contribution in [0.15, 0.2) is 42.5 Å². The van der Waals surface area contributed by atoms with Crippen molar-refractivity contribution in [2.75, 3.05) is 56.3 Å². The average Bonchev–Trinajstić information content (AvgIpc) is 3.39. The third-order valence-corrected chi connectivity index (χ3v) is 6.78. The lowest BCUT2D eigenvalue weighted by Crippen LogP contribution is -2.36. The molecule has 0 aliphatic carbocycles. The molecule has 1 amide bonds. The Bertz CT molecular complexity index is 1200. The molecular weight excluding hydrogens is 461 g/mol. The van der Waals surface area contributed by atoms with E-state index in [1.165, 1.54) is 6.07 Å². The topological polar surface area (TPSA) is 91.5 Å². The monoisotopic (exact) mass is 493 g/mol. The van der Waals surface area contributed by atoms with Gasteiger partial charge in [-0.2, -0.15) is 5.10 Å². The molecule has 0 saturated carbocycles. The van der Waals surface area contributed by atoms with Crippen LogP contribution in [0.3, 0.4) is 0 Å². The average molecular weight is 494 g/mol. The van der Waals surface area contributed by atoms with E-state index in [0.717, 1.165) is 61.6 Å². The Balaban J connectivity index is 1.29. The lowest BCUT2D eigenvalue weighted by Gasteiger charge is -2.29. The van der Waals surface area contributed by atoms with Gasteiger partial charge in [0.25, 0.3) is 5.91 Å². The van der Waals surface area contributed by atoms with Crippen molar-refractivity contribution in [1.29, 1.82) is 0 Å². The molecule has 0 radical (unpaired) electrons. The number of rotatable bonds is 7. The summed E-state index contributed by atoms with van der Waals surface area (Å²) in [6.07, 6.45) is 1.93. The van der Waals surface area contributed by atoms with Gasteiger partial charge < -0.3 is 25.0 Å². The van der Waals surface area contributed by atoms with Crippen molar-refractivity contribution in [1.82, 2.24) is 15.5 Å². The molecule has 0 unspecified atom stereocenters. The molecule has 2 aliphatic heterocycles. The Hall–Kier alpha value is -3.43. The summed E-state index contributed by atoms with van der Waals surface area (Å²) in [5.74, 6) is -0.0122. The van der Waals surface area contributed by atoms with Gasteiger partial charge >= 0.3 is 0 Å². The lowest BCUT2D eigenvalue weighted by atomic mass is 10.0. The van der Waals surface area contributed by atoms with E-state index in [4.69, 9.17) is 9.47 Å². The van der Waals surface area contributed by atoms with E-state index in [1.54, 1.807) is 12.1 Å². The second kappa shape index (κ2) is 11.1. The minimum Gasteiger partial charge on any atom is -0.381 e. The number of hydrogen-bond donors (Lipinski definition) is 3. The molecule has 36 heavy (non-hydrogen) atoms. The molecule has 8 nitrogen and oxygen atoms in total. The van der Waals surface area contributed by atoms with Crippen LogP contribution < -0.4 is 15.5 Å². The number of amides is 1. The van der Waals surface area contributed by atoms with Crippen LogP contribution in [0.25, 0.3) is 11.3 Å². The Morgan fingerprint density at radius 1 is 1.06 bits per heavy atom. The molecule has 0 spiro atoms. The predicted molar refractivity (Wildman–Crippen MR) is 137 cm³/mol. The normalized spacial score (nSPS) is 16.7. The smallest absolute Gasteiger partial charge is 0.269 e. The van der Waals surface area contributed by atoms with Crippen LogP contribution in [0.4, 0.5) is 21.5 Å². The third kappa shape index (κ3) is 5.85. The maximum absolute atomic E-state index is 14.4. The van der Waals surface area contributed by atoms with Crippen LogP contribution in [-0.2, 0) is 9.47 Å². The number of anilines is 3. The molecule has 2 fully saturated rings. The van der Waals surface area contributed by atoms with Crippen LogP contribution in [-0.4, -0.2) is 62.2 Å². The van der Waals surface area contributed by atoms with Gasteiger partial charge in [-0.1, -0.05) is 6.07 Å². The van der Waals surface area contributed by atoms with Gasteiger partial charge in [-0.3, -0.25) is 9.89 Å². The molecule has 3 heterocycles. The molecule has 1 aromatic heterocycles. The Morgan fingerprint density at radius 3 is 2.64 bits per heavy atom. The van der Waals surface area contributed by atoms with E-state index < -0.39 is 0 Å². The fourth-order valence-corrected chi connectivity index (χ4v) is 4.65. The van der Waals surface area contributed by atoms with Crippen molar-refractivity contribution >= 4 is 23.0 Å². The Kier molecular flexibility index (Phi) is 7.48. The van der Waals surface area contributed by atoms with Gasteiger partial charge in [0.05, 0.1) is 18.9 Å². The zero-order valence-electron chi connectivity index (χ0n) is 20.5. The standard InChI is InChI=1S/C27H32FN5O3/c1-18-2-3-21(30-22-12-20(28)13-23(14-22)33-6-10-36-11-7-33)15-24(18)25-16-26(32-31-25)27(34)29-17-19-4-8-35-9-5-19/h2-3,12-16,19,30H,4-11,17H2,1H3,(H,29,34)(H,31,32). The number of ether oxygens (including phenoxy) is 2. The summed E-state index contributed by atoms with van der Waals surface area (Å²) >= 11 is 0. The zero-order valence-corrected chi connectivity index (χ0v) is 20.5. The van der Waals surface area contributed by atoms with Gasteiger partial charge in [-0.05, 0) is 67.6 Å². The number of nitrogens with one attached hydrogen (secondary N) is 3. The quantitative estimate of drug-likeness (QED) is 0.456. The molecule has 3 aromatic rings. The van der Waals surface area contributed by atoms with Crippen molar-refractivity contribution in [2.24, 2.45) is 5.92 Å². The van der Waals surface area contributed by atoms with E-state index >= 15 is 0 Å². The SMILES string of the molecule is Cc1ccc(Nc2cc(F)cc(N3CCOCC3)c2)cc1-c1cc(C(=O)NCC2CCOCC2)[nH]n1. The molecule has 190 valence electrons. The maximum Gasteiger partial charge on any atom is 0.269 e. The van der Waals surface area contributed by atoms with Crippen molar-refractivity contribution in [2.45, 2.75) is 19.8 Å². The molecule has 0 atom stereocenters. The first kappa shape index (κ1) is 24.3. The molecule has 2 saturated heterocycles. The Labute approximate surface area is 210 Å². The molecule has 2 aromatic carbocycles. The summed E-state index contributed by atoms with van der Waals surface area (Å²) in [6.45, 7) is 6.89. The van der Waals surface area contributed by atoms with Gasteiger partial charge in [-0.15, -0.1) is 0 Å². The number of aromatic nitrogens is 2. The number of carbonyl (C=O) groups is 1. The van der Waals surface area contributed by atoms with Crippen molar-refractivity contribution in [3.05, 3.63) is 59.5 Å². The predicted octanol–water partition coefficient (Wildman–Crippen LogP) is 4.26. The lowest BCUT2D eigenvalue weighted by molar-refractivity contribution is 0.0642. The number of H-pyrrole nitrogens is 1. The first-order chi connectivity index (χ1) is 17.5. The van der Waals surface area contributed by atoms with E-state index in [9.17, 15) is 9.18 Å². The Morgan fingerprint density at radius 2 is 1.83 bits per heavy atom. The largest absolute Gasteiger partial charge is 0.381 e. The van der Waals surface area contributed by atoms with Gasteiger partial charge in [0.15, 0.2) is 0 Å². The van der Waals surface area contributed by atoms with Crippen LogP contribution in [0, 0.1) is 18.7 Å². The highest BCUT2D eigenvalue weighted by Crippen LogP contribution is 2.29. The van der Waals surface area contributed by atoms with Gasteiger partial charge in [-0.25, -0.2) is 4.39 Å². The highest BCUT2D eigenvalue weighted by Gasteiger charge is 2.18. The van der Waals surface area contributed by atoms with Gasteiger partial charge in [0.2, 0.25) is 0 Å². The number of hydrogen-bond acceptors (Lipinski definition) is 6. The van der Waals surface area contributed by atoms with Gasteiger partial charge in [0, 0.05) is 55.5 Å². The molecule has 3 N–H and O–H groups in total. The first-order valence-electron chi connectivity index (χ1n) is 12.5. The molecule has 0 bridgehead atoms.